The van der Waals surface area contributed by atoms with E-state index < -0.39 is 12.0 Å². The number of carboxylic acids is 1. The van der Waals surface area contributed by atoms with E-state index in [0.717, 1.165) is 12.0 Å². The smallest absolute Gasteiger partial charge is 0.321 e. The fourth-order valence-corrected chi connectivity index (χ4v) is 5.52. The number of carboxylic acid groups (broad SMARTS) is 1. The first-order valence-electron chi connectivity index (χ1n) is 14.0. The zero-order chi connectivity index (χ0) is 25.6. The molecule has 0 aliphatic carbocycles. The molecular formula is C29H51ClN2O3S. The number of nitrogens with two attached hydrogens (primary N) is 1. The number of halogens is 1. The van der Waals surface area contributed by atoms with Crippen LogP contribution in [-0.2, 0) is 9.59 Å². The van der Waals surface area contributed by atoms with Gasteiger partial charge in [-0.1, -0.05) is 134 Å². The van der Waals surface area contributed by atoms with Crippen molar-refractivity contribution >= 4 is 36.0 Å². The molecule has 0 spiro atoms. The van der Waals surface area contributed by atoms with Gasteiger partial charge in [0.05, 0.1) is 5.37 Å². The molecule has 0 aromatic heterocycles. The Hall–Kier alpha value is -1.24. The van der Waals surface area contributed by atoms with E-state index in [0.29, 0.717) is 12.2 Å². The van der Waals surface area contributed by atoms with Gasteiger partial charge in [0, 0.05) is 12.2 Å². The van der Waals surface area contributed by atoms with Gasteiger partial charge in [0.2, 0.25) is 5.91 Å². The summed E-state index contributed by atoms with van der Waals surface area (Å²) in [6.45, 7) is 2.28. The summed E-state index contributed by atoms with van der Waals surface area (Å²) in [6.07, 6.45) is 22.4. The first-order valence-corrected chi connectivity index (χ1v) is 15.0. The van der Waals surface area contributed by atoms with Gasteiger partial charge in [0.25, 0.3) is 0 Å². The highest BCUT2D eigenvalue weighted by molar-refractivity contribution is 7.99. The molecule has 5 nitrogen and oxygen atoms in total. The summed E-state index contributed by atoms with van der Waals surface area (Å²) in [5.74, 6) is -0.286. The SMILES string of the molecule is CCCCCCCCCCCCCCCCCCC(N)=O.Cl.O=C(O)[C@@H]1CSC(c2ccccc2)N1. The number of carbonyl (C=O) groups is 2. The van der Waals surface area contributed by atoms with Crippen molar-refractivity contribution in [3.63, 3.8) is 0 Å². The zero-order valence-electron chi connectivity index (χ0n) is 22.4. The molecule has 1 saturated heterocycles. The van der Waals surface area contributed by atoms with E-state index in [1.807, 2.05) is 30.3 Å². The molecule has 2 atom stereocenters. The first-order chi connectivity index (χ1) is 17.0. The van der Waals surface area contributed by atoms with Crippen molar-refractivity contribution in [3.8, 4) is 0 Å². The van der Waals surface area contributed by atoms with Crippen LogP contribution in [0.2, 0.25) is 0 Å². The van der Waals surface area contributed by atoms with Crippen LogP contribution >= 0.6 is 24.2 Å². The van der Waals surface area contributed by atoms with Gasteiger partial charge in [0.1, 0.15) is 6.04 Å². The molecule has 0 bridgehead atoms. The van der Waals surface area contributed by atoms with Gasteiger partial charge in [-0.15, -0.1) is 24.2 Å². The molecule has 1 aromatic rings. The minimum atomic E-state index is -0.768. The van der Waals surface area contributed by atoms with Gasteiger partial charge in [-0.25, -0.2) is 0 Å². The van der Waals surface area contributed by atoms with Gasteiger partial charge in [0.15, 0.2) is 0 Å². The highest BCUT2D eigenvalue weighted by Gasteiger charge is 2.29. The first kappa shape index (κ1) is 34.8. The fourth-order valence-electron chi connectivity index (χ4n) is 4.28. The molecule has 1 heterocycles. The zero-order valence-corrected chi connectivity index (χ0v) is 24.1. The summed E-state index contributed by atoms with van der Waals surface area (Å²) in [5.41, 5.74) is 6.25. The normalized spacial score (nSPS) is 16.6. The number of rotatable bonds is 19. The molecule has 0 radical (unpaired) electrons. The maximum Gasteiger partial charge on any atom is 0.321 e. The van der Waals surface area contributed by atoms with Crippen molar-refractivity contribution in [3.05, 3.63) is 35.9 Å². The van der Waals surface area contributed by atoms with Crippen molar-refractivity contribution < 1.29 is 14.7 Å². The van der Waals surface area contributed by atoms with Crippen molar-refractivity contribution in [2.75, 3.05) is 5.75 Å². The number of carbonyl (C=O) groups excluding carboxylic acids is 1. The van der Waals surface area contributed by atoms with Crippen LogP contribution in [0.25, 0.3) is 0 Å². The molecule has 1 unspecified atom stereocenters. The van der Waals surface area contributed by atoms with E-state index in [-0.39, 0.29) is 23.7 Å². The quantitative estimate of drug-likeness (QED) is 0.154. The van der Waals surface area contributed by atoms with Crippen LogP contribution < -0.4 is 11.1 Å². The van der Waals surface area contributed by atoms with Crippen LogP contribution in [-0.4, -0.2) is 28.8 Å². The Balaban J connectivity index is 0.000000705. The van der Waals surface area contributed by atoms with Crippen molar-refractivity contribution in [1.82, 2.24) is 5.32 Å². The van der Waals surface area contributed by atoms with Crippen LogP contribution in [0.15, 0.2) is 30.3 Å². The van der Waals surface area contributed by atoms with Gasteiger partial charge < -0.3 is 10.8 Å². The number of hydrogen-bond donors (Lipinski definition) is 3. The van der Waals surface area contributed by atoms with Crippen molar-refractivity contribution in [1.29, 1.82) is 0 Å². The standard InChI is InChI=1S/C19H39NO.C10H11NO2S.ClH/c1-2-3-4-5-6-7-8-9-10-11-12-13-14-15-16-17-18-19(20)21;12-10(13)8-6-14-9(11-8)7-4-2-1-3-5-7;/h2-18H2,1H3,(H2,20,21);1-5,8-9,11H,6H2,(H,12,13);1H/t;8-,9?;/m.0./s1. The number of primary amides is 1. The van der Waals surface area contributed by atoms with Crippen LogP contribution in [0.5, 0.6) is 0 Å². The Kier molecular flexibility index (Phi) is 23.3. The second kappa shape index (κ2) is 24.1. The third-order valence-corrected chi connectivity index (χ3v) is 7.73. The molecule has 2 rings (SSSR count). The number of thioether (sulfide) groups is 1. The monoisotopic (exact) mass is 542 g/mol. The molecule has 7 heteroatoms. The minimum absolute atomic E-state index is 0. The topological polar surface area (TPSA) is 92.4 Å². The van der Waals surface area contributed by atoms with E-state index >= 15 is 0 Å². The number of amides is 1. The maximum absolute atomic E-state index is 10.7. The average Bonchev–Trinajstić information content (AvgIpc) is 3.35. The highest BCUT2D eigenvalue weighted by Crippen LogP contribution is 2.32. The largest absolute Gasteiger partial charge is 0.480 e. The number of unbranched alkanes of at least 4 members (excludes halogenated alkanes) is 15. The summed E-state index contributed by atoms with van der Waals surface area (Å²) in [6, 6.07) is 9.49. The third kappa shape index (κ3) is 18.9. The van der Waals surface area contributed by atoms with Gasteiger partial charge in [-0.3, -0.25) is 14.9 Å². The second-order valence-corrected chi connectivity index (χ2v) is 10.8. The molecular weight excluding hydrogens is 492 g/mol. The highest BCUT2D eigenvalue weighted by atomic mass is 35.5. The van der Waals surface area contributed by atoms with Crippen molar-refractivity contribution in [2.45, 2.75) is 127 Å². The predicted octanol–water partition coefficient (Wildman–Crippen LogP) is 8.02. The molecule has 4 N–H and O–H groups in total. The lowest BCUT2D eigenvalue weighted by molar-refractivity contribution is -0.138. The van der Waals surface area contributed by atoms with Gasteiger partial charge in [-0.2, -0.15) is 0 Å². The Morgan fingerprint density at radius 2 is 1.28 bits per heavy atom. The molecule has 0 saturated carbocycles. The molecule has 1 aromatic carbocycles. The Labute approximate surface area is 230 Å². The van der Waals surface area contributed by atoms with E-state index in [4.69, 9.17) is 10.8 Å². The Morgan fingerprint density at radius 3 is 1.67 bits per heavy atom. The Bertz CT molecular complexity index is 663. The van der Waals surface area contributed by atoms with Crippen LogP contribution in [0.3, 0.4) is 0 Å². The molecule has 1 fully saturated rings. The summed E-state index contributed by atoms with van der Waals surface area (Å²) in [7, 11) is 0. The molecule has 36 heavy (non-hydrogen) atoms. The van der Waals surface area contributed by atoms with Gasteiger partial charge >= 0.3 is 5.97 Å². The lowest BCUT2D eigenvalue weighted by atomic mass is 10.0. The van der Waals surface area contributed by atoms with E-state index in [1.165, 1.54) is 96.3 Å². The maximum atomic E-state index is 10.7. The lowest BCUT2D eigenvalue weighted by Crippen LogP contribution is -2.33. The van der Waals surface area contributed by atoms with Crippen LogP contribution in [0.1, 0.15) is 127 Å². The minimum Gasteiger partial charge on any atom is -0.480 e. The number of aliphatic carboxylic acids is 1. The molecule has 208 valence electrons. The van der Waals surface area contributed by atoms with E-state index in [1.54, 1.807) is 11.8 Å². The summed E-state index contributed by atoms with van der Waals surface area (Å²) < 4.78 is 0. The Morgan fingerprint density at radius 1 is 0.833 bits per heavy atom. The average molecular weight is 543 g/mol. The number of benzene rings is 1. The molecule has 1 amide bonds. The lowest BCUT2D eigenvalue weighted by Gasteiger charge is -2.10. The van der Waals surface area contributed by atoms with Crippen LogP contribution in [0, 0.1) is 0 Å². The van der Waals surface area contributed by atoms with E-state index in [2.05, 4.69) is 12.2 Å². The van der Waals surface area contributed by atoms with Crippen LogP contribution in [0.4, 0.5) is 0 Å². The molecule has 1 aliphatic heterocycles. The van der Waals surface area contributed by atoms with Crippen molar-refractivity contribution in [2.24, 2.45) is 5.73 Å². The summed E-state index contributed by atoms with van der Waals surface area (Å²) in [5, 5.41) is 12.0. The third-order valence-electron chi connectivity index (χ3n) is 6.46. The van der Waals surface area contributed by atoms with Gasteiger partial charge in [-0.05, 0) is 12.0 Å². The predicted molar refractivity (Wildman–Crippen MR) is 157 cm³/mol. The van der Waals surface area contributed by atoms with E-state index in [9.17, 15) is 9.59 Å². The summed E-state index contributed by atoms with van der Waals surface area (Å²) >= 11 is 1.64. The fraction of sp³-hybridized carbons (Fsp3) is 0.724. The summed E-state index contributed by atoms with van der Waals surface area (Å²) in [4.78, 5) is 21.3. The molecule has 1 aliphatic rings. The number of hydrogen-bond acceptors (Lipinski definition) is 4. The number of nitrogens with one attached hydrogen (secondary N) is 1. The second-order valence-electron chi connectivity index (χ2n) is 9.70.